The van der Waals surface area contributed by atoms with Crippen LogP contribution in [0.2, 0.25) is 0 Å². The van der Waals surface area contributed by atoms with Gasteiger partial charge in [-0.15, -0.1) is 0 Å². The van der Waals surface area contributed by atoms with Crippen molar-refractivity contribution in [2.45, 2.75) is 27.7 Å². The third-order valence-corrected chi connectivity index (χ3v) is 3.39. The fourth-order valence-corrected chi connectivity index (χ4v) is 2.49. The molecule has 0 fully saturated rings. The first kappa shape index (κ1) is 15.0. The molecule has 4 heteroatoms. The van der Waals surface area contributed by atoms with Gasteiger partial charge >= 0.3 is 0 Å². The molecule has 0 aliphatic heterocycles. The molecule has 0 radical (unpaired) electrons. The van der Waals surface area contributed by atoms with Crippen LogP contribution >= 0.6 is 0 Å². The average Bonchev–Trinajstić information content (AvgIpc) is 2.41. The standard InChI is InChI=1S/C17H21N3O/c1-10-6-11(2)16(12(3)7-10)20-17(21)14-8-13(4)19-15(9-14)18-5/h6-9H,1-5H3,(H,18,19)(H,20,21). The largest absolute Gasteiger partial charge is 0.373 e. The van der Waals surface area contributed by atoms with Crippen LogP contribution in [-0.4, -0.2) is 17.9 Å². The van der Waals surface area contributed by atoms with E-state index in [2.05, 4.69) is 34.7 Å². The molecular formula is C17H21N3O. The molecule has 0 spiro atoms. The lowest BCUT2D eigenvalue weighted by Gasteiger charge is -2.13. The first-order valence-electron chi connectivity index (χ1n) is 6.96. The van der Waals surface area contributed by atoms with Crippen LogP contribution in [0.5, 0.6) is 0 Å². The molecule has 0 unspecified atom stereocenters. The number of amides is 1. The molecule has 110 valence electrons. The van der Waals surface area contributed by atoms with Gasteiger partial charge in [0.2, 0.25) is 0 Å². The lowest BCUT2D eigenvalue weighted by molar-refractivity contribution is 0.102. The Hall–Kier alpha value is -2.36. The van der Waals surface area contributed by atoms with Crippen molar-refractivity contribution in [3.63, 3.8) is 0 Å². The van der Waals surface area contributed by atoms with Gasteiger partial charge in [-0.1, -0.05) is 17.7 Å². The summed E-state index contributed by atoms with van der Waals surface area (Å²) >= 11 is 0. The van der Waals surface area contributed by atoms with E-state index in [-0.39, 0.29) is 5.91 Å². The molecule has 1 heterocycles. The average molecular weight is 283 g/mol. The van der Waals surface area contributed by atoms with Crippen molar-refractivity contribution >= 4 is 17.4 Å². The van der Waals surface area contributed by atoms with Crippen molar-refractivity contribution < 1.29 is 4.79 Å². The number of anilines is 2. The molecular weight excluding hydrogens is 262 g/mol. The van der Waals surface area contributed by atoms with Gasteiger partial charge in [0, 0.05) is 24.0 Å². The highest BCUT2D eigenvalue weighted by Gasteiger charge is 2.12. The van der Waals surface area contributed by atoms with Gasteiger partial charge in [-0.2, -0.15) is 0 Å². The van der Waals surface area contributed by atoms with Crippen LogP contribution < -0.4 is 10.6 Å². The Labute approximate surface area is 125 Å². The number of aryl methyl sites for hydroxylation is 4. The van der Waals surface area contributed by atoms with Crippen molar-refractivity contribution in [3.8, 4) is 0 Å². The molecule has 0 aliphatic carbocycles. The third kappa shape index (κ3) is 3.40. The van der Waals surface area contributed by atoms with Gasteiger partial charge in [0.05, 0.1) is 0 Å². The summed E-state index contributed by atoms with van der Waals surface area (Å²) in [6, 6.07) is 7.68. The van der Waals surface area contributed by atoms with Crippen molar-refractivity contribution in [1.29, 1.82) is 0 Å². The first-order chi connectivity index (χ1) is 9.90. The van der Waals surface area contributed by atoms with Gasteiger partial charge in [0.1, 0.15) is 5.82 Å². The molecule has 0 saturated carbocycles. The van der Waals surface area contributed by atoms with E-state index in [1.807, 2.05) is 20.8 Å². The smallest absolute Gasteiger partial charge is 0.255 e. The number of hydrogen-bond acceptors (Lipinski definition) is 3. The van der Waals surface area contributed by atoms with E-state index in [0.717, 1.165) is 22.5 Å². The zero-order valence-electron chi connectivity index (χ0n) is 13.2. The summed E-state index contributed by atoms with van der Waals surface area (Å²) < 4.78 is 0. The van der Waals surface area contributed by atoms with Crippen LogP contribution in [0.15, 0.2) is 24.3 Å². The Bertz CT molecular complexity index is 669. The van der Waals surface area contributed by atoms with Crippen molar-refractivity contribution in [3.05, 3.63) is 52.2 Å². The summed E-state index contributed by atoms with van der Waals surface area (Å²) in [5.74, 6) is 0.574. The quantitative estimate of drug-likeness (QED) is 0.904. The predicted molar refractivity (Wildman–Crippen MR) is 87.1 cm³/mol. The van der Waals surface area contributed by atoms with E-state index in [1.54, 1.807) is 19.2 Å². The van der Waals surface area contributed by atoms with Crippen LogP contribution in [0.25, 0.3) is 0 Å². The van der Waals surface area contributed by atoms with E-state index in [0.29, 0.717) is 11.4 Å². The number of nitrogens with one attached hydrogen (secondary N) is 2. The Morgan fingerprint density at radius 1 is 1.00 bits per heavy atom. The van der Waals surface area contributed by atoms with E-state index in [9.17, 15) is 4.79 Å². The number of pyridine rings is 1. The summed E-state index contributed by atoms with van der Waals surface area (Å²) in [5.41, 5.74) is 5.63. The summed E-state index contributed by atoms with van der Waals surface area (Å²) in [7, 11) is 1.79. The van der Waals surface area contributed by atoms with Gasteiger partial charge in [0.15, 0.2) is 0 Å². The summed E-state index contributed by atoms with van der Waals surface area (Å²) in [4.78, 5) is 16.8. The van der Waals surface area contributed by atoms with E-state index >= 15 is 0 Å². The third-order valence-electron chi connectivity index (χ3n) is 3.39. The Balaban J connectivity index is 2.32. The zero-order chi connectivity index (χ0) is 15.6. The van der Waals surface area contributed by atoms with Crippen molar-refractivity contribution in [2.24, 2.45) is 0 Å². The second-order valence-corrected chi connectivity index (χ2v) is 5.36. The number of carbonyl (C=O) groups excluding carboxylic acids is 1. The van der Waals surface area contributed by atoms with Gasteiger partial charge in [-0.25, -0.2) is 4.98 Å². The summed E-state index contributed by atoms with van der Waals surface area (Å²) in [6.07, 6.45) is 0. The molecule has 21 heavy (non-hydrogen) atoms. The van der Waals surface area contributed by atoms with Crippen LogP contribution in [0.1, 0.15) is 32.7 Å². The van der Waals surface area contributed by atoms with Crippen LogP contribution in [-0.2, 0) is 0 Å². The Kier molecular flexibility index (Phi) is 4.26. The number of benzene rings is 1. The van der Waals surface area contributed by atoms with Gasteiger partial charge in [0.25, 0.3) is 5.91 Å². The monoisotopic (exact) mass is 283 g/mol. The molecule has 0 saturated heterocycles. The highest BCUT2D eigenvalue weighted by atomic mass is 16.1. The second-order valence-electron chi connectivity index (χ2n) is 5.36. The highest BCUT2D eigenvalue weighted by molar-refractivity contribution is 6.05. The maximum absolute atomic E-state index is 12.5. The highest BCUT2D eigenvalue weighted by Crippen LogP contribution is 2.23. The Morgan fingerprint density at radius 2 is 1.62 bits per heavy atom. The summed E-state index contributed by atoms with van der Waals surface area (Å²) in [6.45, 7) is 7.94. The van der Waals surface area contributed by atoms with Crippen molar-refractivity contribution in [1.82, 2.24) is 4.98 Å². The molecule has 4 nitrogen and oxygen atoms in total. The van der Waals surface area contributed by atoms with Crippen molar-refractivity contribution in [2.75, 3.05) is 17.7 Å². The zero-order valence-corrected chi connectivity index (χ0v) is 13.2. The molecule has 2 rings (SSSR count). The minimum atomic E-state index is -0.118. The van der Waals surface area contributed by atoms with Gasteiger partial charge < -0.3 is 10.6 Å². The van der Waals surface area contributed by atoms with Crippen LogP contribution in [0.3, 0.4) is 0 Å². The lowest BCUT2D eigenvalue weighted by atomic mass is 10.0. The molecule has 1 aromatic heterocycles. The van der Waals surface area contributed by atoms with Gasteiger partial charge in [-0.05, 0) is 51.0 Å². The normalized spacial score (nSPS) is 10.3. The SMILES string of the molecule is CNc1cc(C(=O)Nc2c(C)cc(C)cc2C)cc(C)n1. The summed E-state index contributed by atoms with van der Waals surface area (Å²) in [5, 5.41) is 5.97. The predicted octanol–water partition coefficient (Wildman–Crippen LogP) is 3.61. The number of rotatable bonds is 3. The lowest BCUT2D eigenvalue weighted by Crippen LogP contribution is -2.15. The molecule has 0 bridgehead atoms. The molecule has 1 aromatic carbocycles. The fourth-order valence-electron chi connectivity index (χ4n) is 2.49. The van der Waals surface area contributed by atoms with Crippen LogP contribution in [0.4, 0.5) is 11.5 Å². The fraction of sp³-hybridized carbons (Fsp3) is 0.294. The van der Waals surface area contributed by atoms with E-state index < -0.39 is 0 Å². The number of aromatic nitrogens is 1. The minimum Gasteiger partial charge on any atom is -0.373 e. The number of nitrogens with zero attached hydrogens (tertiary/aromatic N) is 1. The molecule has 2 N–H and O–H groups in total. The molecule has 0 aliphatic rings. The van der Waals surface area contributed by atoms with Crippen LogP contribution in [0, 0.1) is 27.7 Å². The maximum atomic E-state index is 12.5. The van der Waals surface area contributed by atoms with E-state index in [4.69, 9.17) is 0 Å². The van der Waals surface area contributed by atoms with Gasteiger partial charge in [-0.3, -0.25) is 4.79 Å². The molecule has 0 atom stereocenters. The number of hydrogen-bond donors (Lipinski definition) is 2. The topological polar surface area (TPSA) is 54.0 Å². The maximum Gasteiger partial charge on any atom is 0.255 e. The first-order valence-corrected chi connectivity index (χ1v) is 6.96. The second kappa shape index (κ2) is 5.95. The Morgan fingerprint density at radius 3 is 2.19 bits per heavy atom. The molecule has 1 amide bonds. The van der Waals surface area contributed by atoms with E-state index in [1.165, 1.54) is 5.56 Å². The molecule has 2 aromatic rings. The number of carbonyl (C=O) groups is 1. The minimum absolute atomic E-state index is 0.118.